The quantitative estimate of drug-likeness (QED) is 0.742. The first-order chi connectivity index (χ1) is 6.07. The highest BCUT2D eigenvalue weighted by atomic mass is 35.5. The van der Waals surface area contributed by atoms with Crippen molar-refractivity contribution in [3.63, 3.8) is 0 Å². The molecule has 66 valence electrons. The lowest BCUT2D eigenvalue weighted by Crippen LogP contribution is -2.13. The van der Waals surface area contributed by atoms with Gasteiger partial charge < -0.3 is 5.73 Å². The lowest BCUT2D eigenvalue weighted by molar-refractivity contribution is 0.0996. The molecule has 1 aromatic rings. The fourth-order valence-corrected chi connectivity index (χ4v) is 1.03. The first-order valence-corrected chi connectivity index (χ1v) is 3.63. The van der Waals surface area contributed by atoms with E-state index < -0.39 is 11.7 Å². The lowest BCUT2D eigenvalue weighted by atomic mass is 10.1. The van der Waals surface area contributed by atoms with Gasteiger partial charge in [0.05, 0.1) is 16.1 Å². The highest BCUT2D eigenvalue weighted by Crippen LogP contribution is 2.22. The number of hydrogen-bond acceptors (Lipinski definition) is 2. The summed E-state index contributed by atoms with van der Waals surface area (Å²) >= 11 is 5.44. The Hall–Kier alpha value is -1.60. The van der Waals surface area contributed by atoms with Crippen LogP contribution < -0.4 is 5.73 Å². The second kappa shape index (κ2) is 3.42. The number of carbonyl (C=O) groups excluding carboxylic acids is 1. The van der Waals surface area contributed by atoms with Crippen LogP contribution in [0.25, 0.3) is 0 Å². The van der Waals surface area contributed by atoms with E-state index >= 15 is 0 Å². The van der Waals surface area contributed by atoms with Gasteiger partial charge in [-0.05, 0) is 12.1 Å². The second-order valence-corrected chi connectivity index (χ2v) is 2.64. The Labute approximate surface area is 78.5 Å². The summed E-state index contributed by atoms with van der Waals surface area (Å²) in [6, 6.07) is 4.05. The van der Waals surface area contributed by atoms with Gasteiger partial charge in [-0.1, -0.05) is 11.6 Å². The van der Waals surface area contributed by atoms with E-state index in [0.717, 1.165) is 6.07 Å². The molecule has 0 unspecified atom stereocenters. The van der Waals surface area contributed by atoms with Crippen molar-refractivity contribution < 1.29 is 9.18 Å². The van der Waals surface area contributed by atoms with E-state index in [0.29, 0.717) is 0 Å². The van der Waals surface area contributed by atoms with Crippen LogP contribution in [-0.4, -0.2) is 5.91 Å². The van der Waals surface area contributed by atoms with Crippen molar-refractivity contribution in [3.05, 3.63) is 34.1 Å². The molecular weight excluding hydrogens is 195 g/mol. The number of halogens is 2. The van der Waals surface area contributed by atoms with Gasteiger partial charge in [0.2, 0.25) is 0 Å². The predicted molar refractivity (Wildman–Crippen MR) is 44.6 cm³/mol. The molecule has 0 aliphatic heterocycles. The Morgan fingerprint density at radius 2 is 2.23 bits per heavy atom. The molecule has 0 saturated heterocycles. The minimum absolute atomic E-state index is 0.0239. The SMILES string of the molecule is N#Cc1ccc(C(N)=O)c(F)c1Cl. The minimum atomic E-state index is -0.951. The smallest absolute Gasteiger partial charge is 0.251 e. The van der Waals surface area contributed by atoms with Crippen molar-refractivity contribution in [3.8, 4) is 6.07 Å². The Kier molecular flexibility index (Phi) is 2.49. The molecule has 0 spiro atoms. The topological polar surface area (TPSA) is 66.9 Å². The number of nitriles is 1. The van der Waals surface area contributed by atoms with E-state index in [1.54, 1.807) is 6.07 Å². The molecular formula is C8H4ClFN2O. The highest BCUT2D eigenvalue weighted by Gasteiger charge is 2.14. The zero-order valence-electron chi connectivity index (χ0n) is 6.34. The van der Waals surface area contributed by atoms with Gasteiger partial charge in [0.1, 0.15) is 6.07 Å². The van der Waals surface area contributed by atoms with E-state index in [9.17, 15) is 9.18 Å². The van der Waals surface area contributed by atoms with E-state index in [1.165, 1.54) is 6.07 Å². The molecule has 0 radical (unpaired) electrons. The Balaban J connectivity index is 3.42. The number of amides is 1. The van der Waals surface area contributed by atoms with Crippen molar-refractivity contribution in [2.75, 3.05) is 0 Å². The average Bonchev–Trinajstić information content (AvgIpc) is 2.09. The summed E-state index contributed by atoms with van der Waals surface area (Å²) in [6.45, 7) is 0. The van der Waals surface area contributed by atoms with Gasteiger partial charge in [0, 0.05) is 0 Å². The summed E-state index contributed by atoms with van der Waals surface area (Å²) in [5.74, 6) is -1.86. The number of carbonyl (C=O) groups is 1. The van der Waals surface area contributed by atoms with E-state index in [4.69, 9.17) is 22.6 Å². The molecule has 0 aromatic heterocycles. The molecule has 0 heterocycles. The van der Waals surface area contributed by atoms with Crippen LogP contribution in [0, 0.1) is 17.1 Å². The molecule has 0 fully saturated rings. The van der Waals surface area contributed by atoms with Crippen LogP contribution in [0.15, 0.2) is 12.1 Å². The summed E-state index contributed by atoms with van der Waals surface area (Å²) in [6.07, 6.45) is 0. The molecule has 1 aromatic carbocycles. The standard InChI is InChI=1S/C8H4ClFN2O/c9-6-4(3-11)1-2-5(7(6)10)8(12)13/h1-2H,(H2,12,13). The van der Waals surface area contributed by atoms with Crippen molar-refractivity contribution in [1.29, 1.82) is 5.26 Å². The number of primary amides is 1. The van der Waals surface area contributed by atoms with Crippen LogP contribution in [0.1, 0.15) is 15.9 Å². The summed E-state index contributed by atoms with van der Waals surface area (Å²) in [5, 5.41) is 8.08. The maximum absolute atomic E-state index is 13.1. The molecule has 0 bridgehead atoms. The average molecular weight is 199 g/mol. The number of rotatable bonds is 1. The van der Waals surface area contributed by atoms with Gasteiger partial charge >= 0.3 is 0 Å². The van der Waals surface area contributed by atoms with Gasteiger partial charge in [-0.2, -0.15) is 5.26 Å². The number of nitrogens with two attached hydrogens (primary N) is 1. The zero-order valence-corrected chi connectivity index (χ0v) is 7.10. The number of nitrogens with zero attached hydrogens (tertiary/aromatic N) is 1. The van der Waals surface area contributed by atoms with Crippen LogP contribution in [0.2, 0.25) is 5.02 Å². The Morgan fingerprint density at radius 1 is 1.62 bits per heavy atom. The highest BCUT2D eigenvalue weighted by molar-refractivity contribution is 6.32. The third kappa shape index (κ3) is 1.60. The molecule has 13 heavy (non-hydrogen) atoms. The van der Waals surface area contributed by atoms with Crippen LogP contribution in [0.4, 0.5) is 4.39 Å². The van der Waals surface area contributed by atoms with Gasteiger partial charge in [-0.3, -0.25) is 4.79 Å². The van der Waals surface area contributed by atoms with Crippen molar-refractivity contribution in [2.24, 2.45) is 5.73 Å². The molecule has 1 rings (SSSR count). The normalized spacial score (nSPS) is 9.31. The molecule has 0 saturated carbocycles. The van der Waals surface area contributed by atoms with Crippen molar-refractivity contribution in [2.45, 2.75) is 0 Å². The number of benzene rings is 1. The molecule has 2 N–H and O–H groups in total. The van der Waals surface area contributed by atoms with Gasteiger partial charge in [0.25, 0.3) is 5.91 Å². The third-order valence-electron chi connectivity index (χ3n) is 1.47. The largest absolute Gasteiger partial charge is 0.366 e. The molecule has 3 nitrogen and oxygen atoms in total. The Bertz CT molecular complexity index is 411. The monoisotopic (exact) mass is 198 g/mol. The molecule has 5 heteroatoms. The van der Waals surface area contributed by atoms with E-state index in [1.807, 2.05) is 0 Å². The first kappa shape index (κ1) is 9.49. The number of hydrogen-bond donors (Lipinski definition) is 1. The molecule has 1 amide bonds. The predicted octanol–water partition coefficient (Wildman–Crippen LogP) is 1.45. The van der Waals surface area contributed by atoms with Gasteiger partial charge in [-0.15, -0.1) is 0 Å². The van der Waals surface area contributed by atoms with Crippen LogP contribution in [-0.2, 0) is 0 Å². The Morgan fingerprint density at radius 3 is 2.69 bits per heavy atom. The van der Waals surface area contributed by atoms with E-state index in [-0.39, 0.29) is 16.1 Å². The minimum Gasteiger partial charge on any atom is -0.366 e. The summed E-state index contributed by atoms with van der Waals surface area (Å²) in [7, 11) is 0. The fraction of sp³-hybridized carbons (Fsp3) is 0. The van der Waals surface area contributed by atoms with Crippen LogP contribution in [0.3, 0.4) is 0 Å². The maximum atomic E-state index is 13.1. The lowest BCUT2D eigenvalue weighted by Gasteiger charge is -2.00. The van der Waals surface area contributed by atoms with Crippen molar-refractivity contribution in [1.82, 2.24) is 0 Å². The van der Waals surface area contributed by atoms with Gasteiger partial charge in [0.15, 0.2) is 5.82 Å². The van der Waals surface area contributed by atoms with E-state index in [2.05, 4.69) is 0 Å². The summed E-state index contributed by atoms with van der Waals surface area (Å²) in [4.78, 5) is 10.6. The third-order valence-corrected chi connectivity index (χ3v) is 1.84. The molecule has 0 aliphatic rings. The zero-order chi connectivity index (χ0) is 10.0. The first-order valence-electron chi connectivity index (χ1n) is 3.26. The van der Waals surface area contributed by atoms with Crippen LogP contribution in [0.5, 0.6) is 0 Å². The summed E-state index contributed by atoms with van der Waals surface area (Å²) < 4.78 is 13.1. The second-order valence-electron chi connectivity index (χ2n) is 2.26. The summed E-state index contributed by atoms with van der Waals surface area (Å²) in [5.41, 5.74) is 4.51. The fourth-order valence-electron chi connectivity index (χ4n) is 0.826. The van der Waals surface area contributed by atoms with Crippen molar-refractivity contribution >= 4 is 17.5 Å². The van der Waals surface area contributed by atoms with Crippen LogP contribution >= 0.6 is 11.6 Å². The molecule has 0 atom stereocenters. The maximum Gasteiger partial charge on any atom is 0.251 e. The molecule has 0 aliphatic carbocycles. The van der Waals surface area contributed by atoms with Gasteiger partial charge in [-0.25, -0.2) is 4.39 Å².